The minimum absolute atomic E-state index is 0.0417. The lowest BCUT2D eigenvalue weighted by Gasteiger charge is -2.14. The van der Waals surface area contributed by atoms with Gasteiger partial charge in [-0.15, -0.1) is 0 Å². The van der Waals surface area contributed by atoms with Crippen LogP contribution in [0.1, 0.15) is 11.1 Å². The summed E-state index contributed by atoms with van der Waals surface area (Å²) in [5.41, 5.74) is 1.83. The number of anilines is 1. The molecular weight excluding hydrogens is 524 g/mol. The second-order valence-electron chi connectivity index (χ2n) is 7.87. The van der Waals surface area contributed by atoms with E-state index in [1.165, 1.54) is 62.1 Å². The fourth-order valence-corrected chi connectivity index (χ4v) is 4.51. The zero-order valence-electron chi connectivity index (χ0n) is 21.5. The summed E-state index contributed by atoms with van der Waals surface area (Å²) in [5, 5.41) is 16.9. The summed E-state index contributed by atoms with van der Waals surface area (Å²) in [5.74, 6) is 1.47. The van der Waals surface area contributed by atoms with Gasteiger partial charge >= 0.3 is 0 Å². The lowest BCUT2D eigenvalue weighted by Crippen LogP contribution is -2.23. The lowest BCUT2D eigenvalue weighted by molar-refractivity contribution is -0.384. The highest BCUT2D eigenvalue weighted by Crippen LogP contribution is 2.38. The highest BCUT2D eigenvalue weighted by Gasteiger charge is 2.19. The molecular formula is C27H24N4O7S. The SMILES string of the molecule is COc1ccc2nc(N(/N=C/c3cc(OC)c(OC)c(OC)c3)C(=O)/C=C/c3ccc([N+](=O)[O-])cc3)sc2c1. The van der Waals surface area contributed by atoms with Gasteiger partial charge in [-0.3, -0.25) is 14.9 Å². The van der Waals surface area contributed by atoms with E-state index < -0.39 is 10.8 Å². The number of nitrogens with zero attached hydrogens (tertiary/aromatic N) is 4. The Morgan fingerprint density at radius 1 is 0.949 bits per heavy atom. The quantitative estimate of drug-likeness (QED) is 0.113. The highest BCUT2D eigenvalue weighted by atomic mass is 32.1. The molecule has 0 atom stereocenters. The monoisotopic (exact) mass is 548 g/mol. The van der Waals surface area contributed by atoms with Crippen molar-refractivity contribution in [3.63, 3.8) is 0 Å². The van der Waals surface area contributed by atoms with E-state index in [9.17, 15) is 14.9 Å². The van der Waals surface area contributed by atoms with Gasteiger partial charge in [-0.1, -0.05) is 11.3 Å². The molecule has 0 spiro atoms. The number of thiazole rings is 1. The van der Waals surface area contributed by atoms with Crippen molar-refractivity contribution in [3.05, 3.63) is 81.9 Å². The molecule has 0 N–H and O–H groups in total. The first-order valence-corrected chi connectivity index (χ1v) is 12.2. The van der Waals surface area contributed by atoms with E-state index >= 15 is 0 Å². The Labute approximate surface area is 227 Å². The first-order valence-electron chi connectivity index (χ1n) is 11.4. The minimum Gasteiger partial charge on any atom is -0.497 e. The van der Waals surface area contributed by atoms with E-state index in [-0.39, 0.29) is 5.69 Å². The Kier molecular flexibility index (Phi) is 8.37. The van der Waals surface area contributed by atoms with Gasteiger partial charge in [0.1, 0.15) is 5.75 Å². The maximum atomic E-state index is 13.3. The van der Waals surface area contributed by atoms with Gasteiger partial charge < -0.3 is 18.9 Å². The minimum atomic E-state index is -0.486. The number of ether oxygens (including phenoxy) is 4. The Morgan fingerprint density at radius 3 is 2.23 bits per heavy atom. The number of hydrazone groups is 1. The smallest absolute Gasteiger partial charge is 0.273 e. The van der Waals surface area contributed by atoms with Gasteiger partial charge in [0.05, 0.1) is 49.8 Å². The zero-order chi connectivity index (χ0) is 27.9. The van der Waals surface area contributed by atoms with Gasteiger partial charge in [0.15, 0.2) is 11.5 Å². The van der Waals surface area contributed by atoms with Crippen molar-refractivity contribution < 1.29 is 28.7 Å². The lowest BCUT2D eigenvalue weighted by atomic mass is 10.2. The molecule has 0 aliphatic rings. The standard InChI is InChI=1S/C27H24N4O7S/c1-35-20-10-11-21-24(15-20)39-27(29-21)30(25(32)12-7-17-5-8-19(9-6-17)31(33)34)28-16-18-13-22(36-2)26(38-4)23(14-18)37-3/h5-16H,1-4H3/b12-7+,28-16+. The fourth-order valence-electron chi connectivity index (χ4n) is 3.56. The number of nitro groups is 1. The number of carbonyl (C=O) groups is 1. The molecule has 1 aromatic heterocycles. The maximum Gasteiger partial charge on any atom is 0.273 e. The summed E-state index contributed by atoms with van der Waals surface area (Å²) in [4.78, 5) is 28.4. The number of aromatic nitrogens is 1. The van der Waals surface area contributed by atoms with Gasteiger partial charge in [0.25, 0.3) is 11.6 Å². The van der Waals surface area contributed by atoms with Crippen molar-refractivity contribution in [2.24, 2.45) is 5.10 Å². The van der Waals surface area contributed by atoms with Gasteiger partial charge in [0.2, 0.25) is 10.9 Å². The van der Waals surface area contributed by atoms with Crippen molar-refractivity contribution in [3.8, 4) is 23.0 Å². The molecule has 39 heavy (non-hydrogen) atoms. The van der Waals surface area contributed by atoms with E-state index in [4.69, 9.17) is 18.9 Å². The Bertz CT molecular complexity index is 1540. The molecule has 0 aliphatic heterocycles. The van der Waals surface area contributed by atoms with Crippen molar-refractivity contribution >= 4 is 50.6 Å². The number of fused-ring (bicyclic) bond motifs is 1. The molecule has 4 aromatic rings. The van der Waals surface area contributed by atoms with E-state index in [2.05, 4.69) is 10.1 Å². The number of nitro benzene ring substituents is 1. The fraction of sp³-hybridized carbons (Fsp3) is 0.148. The van der Waals surface area contributed by atoms with E-state index in [1.807, 2.05) is 6.07 Å². The maximum absolute atomic E-state index is 13.3. The molecule has 0 saturated carbocycles. The molecule has 0 bridgehead atoms. The molecule has 1 heterocycles. The van der Waals surface area contributed by atoms with Crippen LogP contribution in [0, 0.1) is 10.1 Å². The number of rotatable bonds is 10. The average Bonchev–Trinajstić information content (AvgIpc) is 3.38. The largest absolute Gasteiger partial charge is 0.497 e. The summed E-state index contributed by atoms with van der Waals surface area (Å²) >= 11 is 1.27. The Hall–Kier alpha value is -4.97. The number of hydrogen-bond donors (Lipinski definition) is 0. The second kappa shape index (κ2) is 12.0. The zero-order valence-corrected chi connectivity index (χ0v) is 22.3. The summed E-state index contributed by atoms with van der Waals surface area (Å²) < 4.78 is 22.3. The highest BCUT2D eigenvalue weighted by molar-refractivity contribution is 7.22. The molecule has 0 fully saturated rings. The van der Waals surface area contributed by atoms with Crippen LogP contribution in [0.3, 0.4) is 0 Å². The predicted octanol–water partition coefficient (Wildman–Crippen LogP) is 5.32. The summed E-state index contributed by atoms with van der Waals surface area (Å²) in [7, 11) is 6.09. The molecule has 1 amide bonds. The first kappa shape index (κ1) is 27.1. The summed E-state index contributed by atoms with van der Waals surface area (Å²) in [6.45, 7) is 0. The van der Waals surface area contributed by atoms with Crippen LogP contribution in [-0.2, 0) is 4.79 Å². The van der Waals surface area contributed by atoms with Crippen LogP contribution in [0.15, 0.2) is 65.8 Å². The van der Waals surface area contributed by atoms with Crippen molar-refractivity contribution in [2.75, 3.05) is 33.4 Å². The van der Waals surface area contributed by atoms with Gasteiger partial charge in [0, 0.05) is 23.8 Å². The van der Waals surface area contributed by atoms with Crippen molar-refractivity contribution in [2.45, 2.75) is 0 Å². The number of carbonyl (C=O) groups excluding carboxylic acids is 1. The number of hydrogen-bond acceptors (Lipinski definition) is 10. The molecule has 0 aliphatic carbocycles. The van der Waals surface area contributed by atoms with Crippen LogP contribution in [0.25, 0.3) is 16.3 Å². The normalized spacial score (nSPS) is 11.2. The Morgan fingerprint density at radius 2 is 1.64 bits per heavy atom. The molecule has 4 rings (SSSR count). The third-order valence-corrected chi connectivity index (χ3v) is 6.50. The van der Waals surface area contributed by atoms with Gasteiger partial charge in [-0.25, -0.2) is 4.98 Å². The molecule has 11 nitrogen and oxygen atoms in total. The van der Waals surface area contributed by atoms with Crippen molar-refractivity contribution in [1.82, 2.24) is 4.98 Å². The van der Waals surface area contributed by atoms with E-state index in [0.717, 1.165) is 4.70 Å². The molecule has 0 unspecified atom stereocenters. The summed E-state index contributed by atoms with van der Waals surface area (Å²) in [6, 6.07) is 14.6. The van der Waals surface area contributed by atoms with Crippen molar-refractivity contribution in [1.29, 1.82) is 0 Å². The third kappa shape index (κ3) is 6.13. The topological polar surface area (TPSA) is 126 Å². The third-order valence-electron chi connectivity index (χ3n) is 5.51. The molecule has 200 valence electrons. The first-order chi connectivity index (χ1) is 18.9. The number of benzene rings is 3. The van der Waals surface area contributed by atoms with Crippen LogP contribution in [0.5, 0.6) is 23.0 Å². The molecule has 0 saturated heterocycles. The van der Waals surface area contributed by atoms with Crippen LogP contribution >= 0.6 is 11.3 Å². The van der Waals surface area contributed by atoms with Crippen LogP contribution in [-0.4, -0.2) is 50.5 Å². The van der Waals surface area contributed by atoms with Gasteiger partial charge in [-0.05, 0) is 54.1 Å². The Balaban J connectivity index is 1.71. The predicted molar refractivity (Wildman–Crippen MR) is 149 cm³/mol. The molecule has 3 aromatic carbocycles. The molecule has 12 heteroatoms. The van der Waals surface area contributed by atoms with Crippen LogP contribution in [0.2, 0.25) is 0 Å². The molecule has 0 radical (unpaired) electrons. The second-order valence-corrected chi connectivity index (χ2v) is 8.87. The van der Waals surface area contributed by atoms with Gasteiger partial charge in [-0.2, -0.15) is 10.1 Å². The van der Waals surface area contributed by atoms with E-state index in [1.54, 1.807) is 49.6 Å². The number of non-ortho nitro benzene ring substituents is 1. The van der Waals surface area contributed by atoms with Crippen LogP contribution in [0.4, 0.5) is 10.8 Å². The van der Waals surface area contributed by atoms with Crippen LogP contribution < -0.4 is 24.0 Å². The summed E-state index contributed by atoms with van der Waals surface area (Å²) in [6.07, 6.45) is 4.35. The van der Waals surface area contributed by atoms with E-state index in [0.29, 0.717) is 44.8 Å². The number of methoxy groups -OCH3 is 4. The average molecular weight is 549 g/mol. The number of amides is 1.